The average molecular weight is 342 g/mol. The zero-order valence-electron chi connectivity index (χ0n) is 15.8. The van der Waals surface area contributed by atoms with Gasteiger partial charge in [-0.1, -0.05) is 83.3 Å². The predicted molar refractivity (Wildman–Crippen MR) is 101 cm³/mol. The maximum absolute atomic E-state index is 10.7. The first-order valence-electron chi connectivity index (χ1n) is 9.81. The summed E-state index contributed by atoms with van der Waals surface area (Å²) in [4.78, 5) is 10.7. The van der Waals surface area contributed by atoms with E-state index >= 15 is 0 Å². The molecule has 0 fully saturated rings. The van der Waals surface area contributed by atoms with Crippen LogP contribution in [0.2, 0.25) is 0 Å². The van der Waals surface area contributed by atoms with Crippen LogP contribution in [0.1, 0.15) is 90.9 Å². The molecule has 0 amide bonds. The van der Waals surface area contributed by atoms with Gasteiger partial charge in [-0.3, -0.25) is 4.79 Å². The Labute approximate surface area is 148 Å². The van der Waals surface area contributed by atoms with E-state index in [1.807, 2.05) is 6.08 Å². The fourth-order valence-corrected chi connectivity index (χ4v) is 2.62. The predicted octanol–water partition coefficient (Wildman–Crippen LogP) is 4.50. The van der Waals surface area contributed by atoms with Crippen LogP contribution in [0.5, 0.6) is 0 Å². The van der Waals surface area contributed by atoms with E-state index in [2.05, 4.69) is 6.92 Å². The van der Waals surface area contributed by atoms with Gasteiger partial charge in [0.15, 0.2) is 0 Å². The second-order valence-corrected chi connectivity index (χ2v) is 6.71. The van der Waals surface area contributed by atoms with Crippen molar-refractivity contribution in [3.05, 3.63) is 12.2 Å². The average Bonchev–Trinajstić information content (AvgIpc) is 2.56. The van der Waals surface area contributed by atoms with Crippen LogP contribution in [-0.4, -0.2) is 29.8 Å². The number of ether oxygens (including phenoxy) is 1. The number of rotatable bonds is 16. The van der Waals surface area contributed by atoms with E-state index in [9.17, 15) is 9.90 Å². The summed E-state index contributed by atoms with van der Waals surface area (Å²) in [5.41, 5.74) is 5.73. The summed E-state index contributed by atoms with van der Waals surface area (Å²) in [5, 5.41) is 9.80. The summed E-state index contributed by atoms with van der Waals surface area (Å²) in [6.45, 7) is 3.65. The Morgan fingerprint density at radius 3 is 2.00 bits per heavy atom. The lowest BCUT2D eigenvalue weighted by Gasteiger charge is -2.14. The third-order valence-electron chi connectivity index (χ3n) is 4.23. The van der Waals surface area contributed by atoms with Gasteiger partial charge in [0.2, 0.25) is 0 Å². The van der Waals surface area contributed by atoms with E-state index in [0.29, 0.717) is 0 Å². The lowest BCUT2D eigenvalue weighted by molar-refractivity contribution is -0.141. The zero-order valence-corrected chi connectivity index (χ0v) is 15.8. The third-order valence-corrected chi connectivity index (χ3v) is 4.23. The van der Waals surface area contributed by atoms with Crippen molar-refractivity contribution in [2.24, 2.45) is 5.73 Å². The molecule has 142 valence electrons. The molecule has 0 bridgehead atoms. The van der Waals surface area contributed by atoms with E-state index in [-0.39, 0.29) is 12.6 Å². The van der Waals surface area contributed by atoms with Crippen LogP contribution in [0.4, 0.5) is 0 Å². The van der Waals surface area contributed by atoms with E-state index in [0.717, 1.165) is 12.8 Å². The number of nitrogens with two attached hydrogens (primary N) is 1. The number of carbonyl (C=O) groups excluding carboxylic acids is 1. The van der Waals surface area contributed by atoms with Gasteiger partial charge in [-0.05, 0) is 12.8 Å². The number of aliphatic hydroxyl groups is 1. The van der Waals surface area contributed by atoms with Gasteiger partial charge in [-0.15, -0.1) is 0 Å². The highest BCUT2D eigenvalue weighted by molar-refractivity contribution is 5.65. The Hall–Kier alpha value is -0.870. The Morgan fingerprint density at radius 1 is 1.00 bits per heavy atom. The van der Waals surface area contributed by atoms with E-state index in [1.165, 1.54) is 71.1 Å². The molecule has 0 aromatic heterocycles. The molecule has 0 spiro atoms. The van der Waals surface area contributed by atoms with Crippen molar-refractivity contribution in [3.8, 4) is 0 Å². The minimum atomic E-state index is -0.753. The van der Waals surface area contributed by atoms with Crippen LogP contribution >= 0.6 is 0 Å². The van der Waals surface area contributed by atoms with Gasteiger partial charge < -0.3 is 15.6 Å². The largest absolute Gasteiger partial charge is 0.464 e. The van der Waals surface area contributed by atoms with E-state index in [1.54, 1.807) is 6.08 Å². The molecule has 0 saturated carbocycles. The number of carbonyl (C=O) groups is 1. The quantitative estimate of drug-likeness (QED) is 0.246. The van der Waals surface area contributed by atoms with Gasteiger partial charge in [-0.2, -0.15) is 0 Å². The molecule has 0 aromatic carbocycles. The molecule has 0 aromatic rings. The van der Waals surface area contributed by atoms with Crippen molar-refractivity contribution in [2.75, 3.05) is 6.61 Å². The van der Waals surface area contributed by atoms with Crippen LogP contribution in [0, 0.1) is 0 Å². The third kappa shape index (κ3) is 16.0. The maximum Gasteiger partial charge on any atom is 0.302 e. The number of allylic oxidation sites excluding steroid dienone is 1. The van der Waals surface area contributed by atoms with E-state index < -0.39 is 12.1 Å². The van der Waals surface area contributed by atoms with Crippen molar-refractivity contribution >= 4 is 5.97 Å². The van der Waals surface area contributed by atoms with Crippen LogP contribution in [-0.2, 0) is 9.53 Å². The summed E-state index contributed by atoms with van der Waals surface area (Å²) in [6, 6.07) is -0.553. The standard InChI is InChI=1S/C20H39NO3/c1-3-4-5-6-7-8-9-10-11-12-13-14-15-16-20(23)19(21)17-24-18(2)22/h15-16,19-20,23H,3-14,17,21H2,1-2H3/b16-15+/t19-,20+/m0/s1. The molecular formula is C20H39NO3. The minimum absolute atomic E-state index is 0.0548. The molecule has 24 heavy (non-hydrogen) atoms. The molecule has 0 rings (SSSR count). The van der Waals surface area contributed by atoms with Crippen molar-refractivity contribution < 1.29 is 14.6 Å². The number of hydrogen-bond donors (Lipinski definition) is 2. The Kier molecular flexibility index (Phi) is 16.4. The van der Waals surface area contributed by atoms with Crippen LogP contribution < -0.4 is 5.73 Å². The Balaban J connectivity index is 3.38. The first kappa shape index (κ1) is 23.1. The Bertz CT molecular complexity index is 318. The van der Waals surface area contributed by atoms with Crippen LogP contribution in [0.3, 0.4) is 0 Å². The topological polar surface area (TPSA) is 72.6 Å². The van der Waals surface area contributed by atoms with Crippen LogP contribution in [0.15, 0.2) is 12.2 Å². The minimum Gasteiger partial charge on any atom is -0.464 e. The number of esters is 1. The van der Waals surface area contributed by atoms with Gasteiger partial charge in [0.05, 0.1) is 12.1 Å². The van der Waals surface area contributed by atoms with Gasteiger partial charge in [0.1, 0.15) is 6.61 Å². The fourth-order valence-electron chi connectivity index (χ4n) is 2.62. The number of hydrogen-bond acceptors (Lipinski definition) is 4. The molecule has 0 heterocycles. The van der Waals surface area contributed by atoms with Crippen molar-refractivity contribution in [1.29, 1.82) is 0 Å². The molecular weight excluding hydrogens is 302 g/mol. The summed E-state index contributed by atoms with van der Waals surface area (Å²) in [5.74, 6) is -0.373. The molecule has 0 saturated heterocycles. The second kappa shape index (κ2) is 17.0. The summed E-state index contributed by atoms with van der Waals surface area (Å²) >= 11 is 0. The van der Waals surface area contributed by atoms with Crippen molar-refractivity contribution in [1.82, 2.24) is 0 Å². The fraction of sp³-hybridized carbons (Fsp3) is 0.850. The maximum atomic E-state index is 10.7. The molecule has 0 unspecified atom stereocenters. The summed E-state index contributed by atoms with van der Waals surface area (Å²) < 4.78 is 4.79. The van der Waals surface area contributed by atoms with Gasteiger partial charge >= 0.3 is 5.97 Å². The highest BCUT2D eigenvalue weighted by atomic mass is 16.5. The lowest BCUT2D eigenvalue weighted by atomic mass is 10.0. The molecule has 4 heteroatoms. The normalized spacial score (nSPS) is 14.0. The number of unbranched alkanes of at least 4 members (excludes halogenated alkanes) is 11. The summed E-state index contributed by atoms with van der Waals surface area (Å²) in [6.07, 6.45) is 18.6. The molecule has 0 radical (unpaired) electrons. The molecule has 0 aliphatic rings. The first-order chi connectivity index (χ1) is 11.6. The van der Waals surface area contributed by atoms with Crippen LogP contribution in [0.25, 0.3) is 0 Å². The Morgan fingerprint density at radius 2 is 1.50 bits per heavy atom. The smallest absolute Gasteiger partial charge is 0.302 e. The van der Waals surface area contributed by atoms with Gasteiger partial charge in [-0.25, -0.2) is 0 Å². The zero-order chi connectivity index (χ0) is 18.0. The molecule has 0 aliphatic carbocycles. The van der Waals surface area contributed by atoms with Crippen molar-refractivity contribution in [3.63, 3.8) is 0 Å². The van der Waals surface area contributed by atoms with Gasteiger partial charge in [0, 0.05) is 6.92 Å². The number of aliphatic hydroxyl groups excluding tert-OH is 1. The highest BCUT2D eigenvalue weighted by Gasteiger charge is 2.12. The summed E-state index contributed by atoms with van der Waals surface area (Å²) in [7, 11) is 0. The SMILES string of the molecule is CCCCCCCCCCCCC/C=C/[C@@H](O)[C@@H](N)COC(C)=O. The van der Waals surface area contributed by atoms with Crippen molar-refractivity contribution in [2.45, 2.75) is 103 Å². The molecule has 2 atom stereocenters. The molecule has 0 aliphatic heterocycles. The monoisotopic (exact) mass is 341 g/mol. The molecule has 3 N–H and O–H groups in total. The molecule has 4 nitrogen and oxygen atoms in total. The highest BCUT2D eigenvalue weighted by Crippen LogP contribution is 2.12. The second-order valence-electron chi connectivity index (χ2n) is 6.71. The van der Waals surface area contributed by atoms with Gasteiger partial charge in [0.25, 0.3) is 0 Å². The lowest BCUT2D eigenvalue weighted by Crippen LogP contribution is -2.38. The first-order valence-corrected chi connectivity index (χ1v) is 9.81. The van der Waals surface area contributed by atoms with E-state index in [4.69, 9.17) is 10.5 Å².